The molecule has 10 heteroatoms. The number of nitrogens with two attached hydrogens (primary N) is 1. The number of hydrogen-bond donors (Lipinski definition) is 2. The Bertz CT molecular complexity index is 1100. The Kier molecular flexibility index (Phi) is 4.41. The highest BCUT2D eigenvalue weighted by Crippen LogP contribution is 2.63. The van der Waals surface area contributed by atoms with E-state index in [4.69, 9.17) is 10.1 Å². The molecule has 0 amide bonds. The second-order valence-corrected chi connectivity index (χ2v) is 10.2. The zero-order valence-corrected chi connectivity index (χ0v) is 17.1. The summed E-state index contributed by atoms with van der Waals surface area (Å²) in [5, 5.41) is 9.39. The number of rotatable bonds is 4. The molecule has 2 aromatic heterocycles. The zero-order valence-electron chi connectivity index (χ0n) is 16.2. The molecule has 1 spiro atoms. The molecule has 1 aliphatic heterocycles. The molecule has 1 atom stereocenters. The van der Waals surface area contributed by atoms with Gasteiger partial charge in [-0.15, -0.1) is 0 Å². The molecular formula is C19H26N6O3S. The molecule has 2 aliphatic carbocycles. The SMILES string of the molecule is NS(=O)(=O)N1CCC(Nc2ncc3ccc(=O)n([C@H]4CCCC45CC5)c3n2)CC1. The van der Waals surface area contributed by atoms with Crippen LogP contribution in [0, 0.1) is 5.41 Å². The fraction of sp³-hybridized carbons (Fsp3) is 0.632. The Morgan fingerprint density at radius 3 is 2.59 bits per heavy atom. The molecular weight excluding hydrogens is 392 g/mol. The summed E-state index contributed by atoms with van der Waals surface area (Å²) < 4.78 is 26.1. The van der Waals surface area contributed by atoms with Gasteiger partial charge in [0.05, 0.1) is 0 Å². The molecule has 0 radical (unpaired) electrons. The van der Waals surface area contributed by atoms with Crippen LogP contribution in [-0.2, 0) is 10.2 Å². The maximum Gasteiger partial charge on any atom is 0.276 e. The molecule has 3 fully saturated rings. The third-order valence-electron chi connectivity index (χ3n) is 6.88. The largest absolute Gasteiger partial charge is 0.351 e. The van der Waals surface area contributed by atoms with Crippen LogP contribution in [0.1, 0.15) is 51.0 Å². The third-order valence-corrected chi connectivity index (χ3v) is 7.96. The van der Waals surface area contributed by atoms with Crippen molar-refractivity contribution in [3.63, 3.8) is 0 Å². The Labute approximate surface area is 169 Å². The lowest BCUT2D eigenvalue weighted by Crippen LogP contribution is -2.45. The van der Waals surface area contributed by atoms with Gasteiger partial charge in [0.1, 0.15) is 5.65 Å². The van der Waals surface area contributed by atoms with Gasteiger partial charge < -0.3 is 5.32 Å². The average molecular weight is 419 g/mol. The van der Waals surface area contributed by atoms with Crippen molar-refractivity contribution in [1.82, 2.24) is 18.8 Å². The van der Waals surface area contributed by atoms with E-state index < -0.39 is 10.2 Å². The van der Waals surface area contributed by atoms with E-state index in [2.05, 4.69) is 10.3 Å². The number of fused-ring (bicyclic) bond motifs is 1. The molecule has 1 saturated heterocycles. The molecule has 3 aliphatic rings. The summed E-state index contributed by atoms with van der Waals surface area (Å²) in [6.07, 6.45) is 8.78. The highest BCUT2D eigenvalue weighted by atomic mass is 32.2. The van der Waals surface area contributed by atoms with Crippen molar-refractivity contribution >= 4 is 27.2 Å². The summed E-state index contributed by atoms with van der Waals surface area (Å²) in [5.74, 6) is 0.480. The fourth-order valence-electron chi connectivity index (χ4n) is 5.11. The maximum absolute atomic E-state index is 12.8. The Morgan fingerprint density at radius 2 is 1.90 bits per heavy atom. The number of piperidine rings is 1. The van der Waals surface area contributed by atoms with E-state index in [0.29, 0.717) is 37.5 Å². The molecule has 0 unspecified atom stereocenters. The number of hydrogen-bond acceptors (Lipinski definition) is 6. The first kappa shape index (κ1) is 19.0. The van der Waals surface area contributed by atoms with Crippen molar-refractivity contribution < 1.29 is 8.42 Å². The number of pyridine rings is 1. The zero-order chi connectivity index (χ0) is 20.2. The van der Waals surface area contributed by atoms with Crippen LogP contribution in [0.15, 0.2) is 23.1 Å². The molecule has 29 heavy (non-hydrogen) atoms. The van der Waals surface area contributed by atoms with Gasteiger partial charge in [0.15, 0.2) is 0 Å². The number of aromatic nitrogens is 3. The summed E-state index contributed by atoms with van der Waals surface area (Å²) in [4.78, 5) is 21.9. The molecule has 3 N–H and O–H groups in total. The number of nitrogens with zero attached hydrogens (tertiary/aromatic N) is 4. The topological polar surface area (TPSA) is 123 Å². The standard InChI is InChI=1S/C19H26N6O3S/c20-29(27,28)24-10-5-14(6-11-24)22-18-21-12-13-3-4-16(26)25(17(13)23-18)15-2-1-7-19(15)8-9-19/h3-4,12,14-15H,1-2,5-11H2,(H2,20,27,28)(H,21,22,23)/t15-/m0/s1. The minimum absolute atomic E-state index is 0.00165. The molecule has 9 nitrogen and oxygen atoms in total. The summed E-state index contributed by atoms with van der Waals surface area (Å²) in [6.45, 7) is 0.749. The molecule has 156 valence electrons. The summed E-state index contributed by atoms with van der Waals surface area (Å²) in [6, 6.07) is 3.70. The molecule has 0 aromatic carbocycles. The Morgan fingerprint density at radius 1 is 1.14 bits per heavy atom. The molecule has 3 heterocycles. The van der Waals surface area contributed by atoms with E-state index in [0.717, 1.165) is 18.2 Å². The van der Waals surface area contributed by atoms with Gasteiger partial charge in [0, 0.05) is 42.8 Å². The number of anilines is 1. The van der Waals surface area contributed by atoms with Gasteiger partial charge in [-0.05, 0) is 50.0 Å². The van der Waals surface area contributed by atoms with Gasteiger partial charge >= 0.3 is 0 Å². The summed E-state index contributed by atoms with van der Waals surface area (Å²) in [5.41, 5.74) is 0.980. The Balaban J connectivity index is 1.42. The number of nitrogens with one attached hydrogen (secondary N) is 1. The predicted molar refractivity (Wildman–Crippen MR) is 110 cm³/mol. The van der Waals surface area contributed by atoms with Crippen LogP contribution in [0.3, 0.4) is 0 Å². The summed E-state index contributed by atoms with van der Waals surface area (Å²) >= 11 is 0. The lowest BCUT2D eigenvalue weighted by molar-refractivity contribution is 0.329. The minimum atomic E-state index is -3.64. The van der Waals surface area contributed by atoms with Gasteiger partial charge in [-0.2, -0.15) is 17.7 Å². The lowest BCUT2D eigenvalue weighted by Gasteiger charge is -2.30. The first-order valence-electron chi connectivity index (χ1n) is 10.3. The van der Waals surface area contributed by atoms with E-state index in [1.54, 1.807) is 18.3 Å². The van der Waals surface area contributed by atoms with Crippen LogP contribution in [0.25, 0.3) is 11.0 Å². The van der Waals surface area contributed by atoms with Gasteiger partial charge in [-0.3, -0.25) is 9.36 Å². The van der Waals surface area contributed by atoms with Gasteiger partial charge in [0.25, 0.3) is 15.8 Å². The van der Waals surface area contributed by atoms with Crippen LogP contribution in [-0.4, -0.2) is 46.4 Å². The lowest BCUT2D eigenvalue weighted by atomic mass is 10.00. The summed E-state index contributed by atoms with van der Waals surface area (Å²) in [7, 11) is -3.64. The first-order valence-corrected chi connectivity index (χ1v) is 11.8. The maximum atomic E-state index is 12.8. The van der Waals surface area contributed by atoms with Crippen LogP contribution in [0.2, 0.25) is 0 Å². The van der Waals surface area contributed by atoms with E-state index in [-0.39, 0.29) is 23.1 Å². The van der Waals surface area contributed by atoms with Gasteiger partial charge in [-0.1, -0.05) is 6.42 Å². The van der Waals surface area contributed by atoms with Crippen molar-refractivity contribution in [2.75, 3.05) is 18.4 Å². The third kappa shape index (κ3) is 3.43. The van der Waals surface area contributed by atoms with E-state index >= 15 is 0 Å². The highest BCUT2D eigenvalue weighted by Gasteiger charge is 2.53. The van der Waals surface area contributed by atoms with Crippen molar-refractivity contribution in [3.05, 3.63) is 28.7 Å². The quantitative estimate of drug-likeness (QED) is 0.773. The molecule has 2 saturated carbocycles. The normalized spacial score (nSPS) is 24.9. The van der Waals surface area contributed by atoms with Crippen molar-refractivity contribution in [2.45, 2.75) is 57.0 Å². The minimum Gasteiger partial charge on any atom is -0.351 e. The predicted octanol–water partition coefficient (Wildman–Crippen LogP) is 1.38. The second kappa shape index (κ2) is 6.75. The second-order valence-electron chi connectivity index (χ2n) is 8.65. The van der Waals surface area contributed by atoms with Crippen LogP contribution in [0.4, 0.5) is 5.95 Å². The Hall–Kier alpha value is -2.04. The van der Waals surface area contributed by atoms with E-state index in [1.807, 2.05) is 4.57 Å². The van der Waals surface area contributed by atoms with Crippen molar-refractivity contribution in [3.8, 4) is 0 Å². The van der Waals surface area contributed by atoms with Gasteiger partial charge in [0.2, 0.25) is 5.95 Å². The smallest absolute Gasteiger partial charge is 0.276 e. The van der Waals surface area contributed by atoms with Crippen molar-refractivity contribution in [2.24, 2.45) is 10.6 Å². The molecule has 0 bridgehead atoms. The highest BCUT2D eigenvalue weighted by molar-refractivity contribution is 7.86. The van der Waals surface area contributed by atoms with Crippen molar-refractivity contribution in [1.29, 1.82) is 0 Å². The molecule has 2 aromatic rings. The monoisotopic (exact) mass is 418 g/mol. The van der Waals surface area contributed by atoms with Crippen LogP contribution in [0.5, 0.6) is 0 Å². The fourth-order valence-corrected chi connectivity index (χ4v) is 5.83. The van der Waals surface area contributed by atoms with E-state index in [1.165, 1.54) is 23.6 Å². The average Bonchev–Trinajstić information content (AvgIpc) is 3.35. The van der Waals surface area contributed by atoms with E-state index in [9.17, 15) is 13.2 Å². The molecule has 5 rings (SSSR count). The van der Waals surface area contributed by atoms with Crippen LogP contribution >= 0.6 is 0 Å². The van der Waals surface area contributed by atoms with Gasteiger partial charge in [-0.25, -0.2) is 10.1 Å². The van der Waals surface area contributed by atoms with Crippen LogP contribution < -0.4 is 16.0 Å². The first-order chi connectivity index (χ1) is 13.9.